The predicted molar refractivity (Wildman–Crippen MR) is 25.8 cm³/mol. The van der Waals surface area contributed by atoms with Crippen LogP contribution in [-0.4, -0.2) is 18.5 Å². The molecule has 0 aromatic rings. The van der Waals surface area contributed by atoms with Gasteiger partial charge in [0.05, 0.1) is 13.0 Å². The molecule has 1 nitrogen and oxygen atoms in total. The van der Waals surface area contributed by atoms with Crippen molar-refractivity contribution in [2.24, 2.45) is 0 Å². The van der Waals surface area contributed by atoms with Crippen LogP contribution in [-0.2, 0) is 0 Å². The molecule has 0 amide bonds. The van der Waals surface area contributed by atoms with Crippen LogP contribution in [0.15, 0.2) is 0 Å². The van der Waals surface area contributed by atoms with Gasteiger partial charge in [-0.1, -0.05) is 0 Å². The van der Waals surface area contributed by atoms with Gasteiger partial charge in [-0.3, -0.25) is 0 Å². The van der Waals surface area contributed by atoms with Gasteiger partial charge in [0.25, 0.3) is 0 Å². The lowest BCUT2D eigenvalue weighted by Crippen LogP contribution is -2.87. The van der Waals surface area contributed by atoms with Crippen molar-refractivity contribution < 1.29 is 14.1 Å². The number of alkyl halides is 2. The van der Waals surface area contributed by atoms with E-state index in [-0.39, 0.29) is 6.42 Å². The third-order valence-corrected chi connectivity index (χ3v) is 1.66. The lowest BCUT2D eigenvalue weighted by molar-refractivity contribution is -0.675. The number of quaternary nitrogens is 1. The highest BCUT2D eigenvalue weighted by atomic mass is 19.3. The number of hydrogen-bond acceptors (Lipinski definition) is 0. The second-order valence-electron chi connectivity index (χ2n) is 2.32. The van der Waals surface area contributed by atoms with Crippen molar-refractivity contribution >= 4 is 0 Å². The van der Waals surface area contributed by atoms with Crippen LogP contribution in [0.25, 0.3) is 0 Å². The largest absolute Gasteiger partial charge is 0.339 e. The Bertz CT molecular complexity index is 92.4. The van der Waals surface area contributed by atoms with Crippen molar-refractivity contribution in [1.29, 1.82) is 0 Å². The first-order valence-electron chi connectivity index (χ1n) is 2.84. The second-order valence-corrected chi connectivity index (χ2v) is 2.32. The van der Waals surface area contributed by atoms with Gasteiger partial charge in [-0.15, -0.1) is 0 Å². The highest BCUT2D eigenvalue weighted by molar-refractivity contribution is 4.75. The number of rotatable bonds is 0. The Kier molecular flexibility index (Phi) is 1.23. The molecule has 0 aliphatic carbocycles. The average Bonchev–Trinajstić information content (AvgIpc) is 1.86. The molecule has 48 valence electrons. The topological polar surface area (TPSA) is 16.6 Å². The maximum Gasteiger partial charge on any atom is 0.303 e. The van der Waals surface area contributed by atoms with Crippen LogP contribution in [0, 0.1) is 0 Å². The molecule has 1 aliphatic heterocycles. The van der Waals surface area contributed by atoms with Gasteiger partial charge in [-0.25, -0.2) is 0 Å². The van der Waals surface area contributed by atoms with Gasteiger partial charge in [-0.2, -0.15) is 8.78 Å². The van der Waals surface area contributed by atoms with Crippen molar-refractivity contribution in [3.05, 3.63) is 0 Å². The lowest BCUT2D eigenvalue weighted by atomic mass is 10.2. The molecule has 1 saturated heterocycles. The van der Waals surface area contributed by atoms with Gasteiger partial charge in [0.2, 0.25) is 0 Å². The maximum absolute atomic E-state index is 12.3. The van der Waals surface area contributed by atoms with Crippen LogP contribution in [0.1, 0.15) is 13.3 Å². The molecule has 8 heavy (non-hydrogen) atoms. The predicted octanol–water partition coefficient (Wildman–Crippen LogP) is -0.0227. The van der Waals surface area contributed by atoms with Crippen LogP contribution < -0.4 is 5.32 Å². The van der Waals surface area contributed by atoms with Crippen molar-refractivity contribution in [3.63, 3.8) is 0 Å². The smallest absolute Gasteiger partial charge is 0.303 e. The normalized spacial score (nSPS) is 35.6. The van der Waals surface area contributed by atoms with Crippen LogP contribution >= 0.6 is 0 Å². The monoisotopic (exact) mass is 122 g/mol. The fourth-order valence-electron chi connectivity index (χ4n) is 0.926. The van der Waals surface area contributed by atoms with Crippen LogP contribution in [0.2, 0.25) is 0 Å². The van der Waals surface area contributed by atoms with E-state index in [1.807, 2.05) is 0 Å². The molecule has 0 bridgehead atoms. The van der Waals surface area contributed by atoms with Gasteiger partial charge < -0.3 is 5.32 Å². The van der Waals surface area contributed by atoms with Crippen molar-refractivity contribution in [1.82, 2.24) is 0 Å². The summed E-state index contributed by atoms with van der Waals surface area (Å²) in [6.45, 7) is 2.14. The summed E-state index contributed by atoms with van der Waals surface area (Å²) in [5, 5.41) is 1.68. The fraction of sp³-hybridized carbons (Fsp3) is 1.00. The summed E-state index contributed by atoms with van der Waals surface area (Å²) in [5.41, 5.74) is 0. The molecule has 0 radical (unpaired) electrons. The highest BCUT2D eigenvalue weighted by Gasteiger charge is 2.44. The Hall–Kier alpha value is -0.180. The van der Waals surface area contributed by atoms with Crippen LogP contribution in [0.4, 0.5) is 8.78 Å². The van der Waals surface area contributed by atoms with Crippen molar-refractivity contribution in [3.8, 4) is 0 Å². The molecule has 0 saturated carbocycles. The second kappa shape index (κ2) is 1.65. The molecular formula is C5H10F2N+. The summed E-state index contributed by atoms with van der Waals surface area (Å²) in [7, 11) is 0. The van der Waals surface area contributed by atoms with Crippen LogP contribution in [0.5, 0.6) is 0 Å². The molecule has 1 fully saturated rings. The van der Waals surface area contributed by atoms with Gasteiger partial charge >= 0.3 is 5.92 Å². The SMILES string of the molecule is CC1[NH2+]CCC1(F)F. The third kappa shape index (κ3) is 0.823. The van der Waals surface area contributed by atoms with E-state index in [0.29, 0.717) is 6.54 Å². The summed E-state index contributed by atoms with van der Waals surface area (Å²) >= 11 is 0. The Morgan fingerprint density at radius 2 is 2.25 bits per heavy atom. The average molecular weight is 122 g/mol. The Labute approximate surface area is 47.1 Å². The highest BCUT2D eigenvalue weighted by Crippen LogP contribution is 2.22. The van der Waals surface area contributed by atoms with E-state index in [1.54, 1.807) is 12.2 Å². The zero-order chi connectivity index (χ0) is 6.20. The van der Waals surface area contributed by atoms with E-state index in [0.717, 1.165) is 0 Å². The molecule has 2 N–H and O–H groups in total. The lowest BCUT2D eigenvalue weighted by Gasteiger charge is -2.08. The first kappa shape index (κ1) is 5.95. The summed E-state index contributed by atoms with van der Waals surface area (Å²) in [5.74, 6) is -2.40. The van der Waals surface area contributed by atoms with E-state index in [4.69, 9.17) is 0 Å². The summed E-state index contributed by atoms with van der Waals surface area (Å²) in [6.07, 6.45) is 0.0498. The van der Waals surface area contributed by atoms with Crippen molar-refractivity contribution in [2.75, 3.05) is 6.54 Å². The van der Waals surface area contributed by atoms with Crippen molar-refractivity contribution in [2.45, 2.75) is 25.3 Å². The van der Waals surface area contributed by atoms with Gasteiger partial charge in [0.1, 0.15) is 6.04 Å². The zero-order valence-corrected chi connectivity index (χ0v) is 4.82. The molecular weight excluding hydrogens is 112 g/mol. The standard InChI is InChI=1S/C5H9F2N/c1-4-5(6,7)2-3-8-4/h4,8H,2-3H2,1H3/p+1. The van der Waals surface area contributed by atoms with E-state index in [9.17, 15) is 8.78 Å². The quantitative estimate of drug-likeness (QED) is 0.465. The minimum absolute atomic E-state index is 0.0498. The van der Waals surface area contributed by atoms with Crippen LogP contribution in [0.3, 0.4) is 0 Å². The fourth-order valence-corrected chi connectivity index (χ4v) is 0.926. The van der Waals surface area contributed by atoms with E-state index in [2.05, 4.69) is 0 Å². The molecule has 0 spiro atoms. The molecule has 1 rings (SSSR count). The van der Waals surface area contributed by atoms with Gasteiger partial charge in [0, 0.05) is 0 Å². The first-order valence-corrected chi connectivity index (χ1v) is 2.84. The number of halogens is 2. The minimum atomic E-state index is -2.40. The molecule has 1 heterocycles. The molecule has 0 aromatic heterocycles. The Morgan fingerprint density at radius 1 is 1.62 bits per heavy atom. The van der Waals surface area contributed by atoms with Gasteiger partial charge in [0.15, 0.2) is 0 Å². The molecule has 1 aliphatic rings. The Balaban J connectivity index is 2.54. The molecule has 0 aromatic carbocycles. The zero-order valence-electron chi connectivity index (χ0n) is 4.82. The summed E-state index contributed by atoms with van der Waals surface area (Å²) in [4.78, 5) is 0. The summed E-state index contributed by atoms with van der Waals surface area (Å²) in [6, 6.07) is -0.498. The van der Waals surface area contributed by atoms with E-state index < -0.39 is 12.0 Å². The first-order chi connectivity index (χ1) is 3.63. The van der Waals surface area contributed by atoms with E-state index in [1.165, 1.54) is 0 Å². The molecule has 1 atom stereocenters. The molecule has 3 heteroatoms. The third-order valence-electron chi connectivity index (χ3n) is 1.66. The number of nitrogens with two attached hydrogens (primary N) is 1. The maximum atomic E-state index is 12.3. The van der Waals surface area contributed by atoms with Gasteiger partial charge in [-0.05, 0) is 6.92 Å². The van der Waals surface area contributed by atoms with E-state index >= 15 is 0 Å². The Morgan fingerprint density at radius 3 is 2.38 bits per heavy atom. The minimum Gasteiger partial charge on any atom is -0.339 e. The molecule has 1 unspecified atom stereocenters. The number of hydrogen-bond donors (Lipinski definition) is 1. The summed E-state index contributed by atoms with van der Waals surface area (Å²) < 4.78 is 24.6.